The Bertz CT molecular complexity index is 427. The maximum Gasteiger partial charge on any atom is 0.238 e. The van der Waals surface area contributed by atoms with Gasteiger partial charge in [-0.1, -0.05) is 12.1 Å². The van der Waals surface area contributed by atoms with Gasteiger partial charge in [-0.25, -0.2) is 0 Å². The summed E-state index contributed by atoms with van der Waals surface area (Å²) < 4.78 is 0. The Kier molecular flexibility index (Phi) is 4.93. The Labute approximate surface area is 115 Å². The number of hydrogen-bond donors (Lipinski definition) is 2. The predicted molar refractivity (Wildman–Crippen MR) is 78.3 cm³/mol. The van der Waals surface area contributed by atoms with E-state index in [1.807, 2.05) is 38.2 Å². The summed E-state index contributed by atoms with van der Waals surface area (Å²) in [6.07, 6.45) is 2.36. The highest BCUT2D eigenvalue weighted by Gasteiger charge is 2.19. The topological polar surface area (TPSA) is 44.4 Å². The van der Waals surface area contributed by atoms with Crippen molar-refractivity contribution in [3.8, 4) is 0 Å². The van der Waals surface area contributed by atoms with Crippen molar-refractivity contribution < 1.29 is 4.79 Å². The number of carbonyl (C=O) groups is 1. The number of nitrogens with one attached hydrogen (secondary N) is 2. The largest absolute Gasteiger partial charge is 0.325 e. The molecule has 1 aromatic rings. The number of benzene rings is 1. The zero-order valence-corrected chi connectivity index (χ0v) is 11.8. The molecule has 4 nitrogen and oxygen atoms in total. The van der Waals surface area contributed by atoms with Gasteiger partial charge in [-0.2, -0.15) is 0 Å². The Balaban J connectivity index is 1.83. The number of carbonyl (C=O) groups excluding carboxylic acids is 1. The molecule has 1 saturated heterocycles. The Morgan fingerprint density at radius 1 is 1.53 bits per heavy atom. The molecule has 1 aromatic carbocycles. The summed E-state index contributed by atoms with van der Waals surface area (Å²) >= 11 is 0. The summed E-state index contributed by atoms with van der Waals surface area (Å²) in [7, 11) is 2.02. The molecule has 1 unspecified atom stereocenters. The van der Waals surface area contributed by atoms with Gasteiger partial charge in [-0.15, -0.1) is 0 Å². The van der Waals surface area contributed by atoms with Crippen LogP contribution in [0.25, 0.3) is 0 Å². The predicted octanol–water partition coefficient (Wildman–Crippen LogP) is 1.62. The fourth-order valence-electron chi connectivity index (χ4n) is 2.49. The number of aryl methyl sites for hydroxylation is 1. The second-order valence-corrected chi connectivity index (χ2v) is 5.33. The summed E-state index contributed by atoms with van der Waals surface area (Å²) in [6, 6.07) is 8.36. The zero-order valence-electron chi connectivity index (χ0n) is 11.8. The molecule has 1 aliphatic rings. The second kappa shape index (κ2) is 6.68. The molecular weight excluding hydrogens is 238 g/mol. The molecule has 0 spiro atoms. The minimum absolute atomic E-state index is 0.0543. The smallest absolute Gasteiger partial charge is 0.238 e. The molecule has 2 N–H and O–H groups in total. The third kappa shape index (κ3) is 4.33. The first-order valence-corrected chi connectivity index (χ1v) is 6.92. The lowest BCUT2D eigenvalue weighted by Gasteiger charge is -2.31. The van der Waals surface area contributed by atoms with Crippen LogP contribution in [0.2, 0.25) is 0 Å². The van der Waals surface area contributed by atoms with Gasteiger partial charge in [0.15, 0.2) is 0 Å². The first-order valence-electron chi connectivity index (χ1n) is 6.92. The van der Waals surface area contributed by atoms with E-state index in [0.717, 1.165) is 24.3 Å². The standard InChI is InChI=1S/C15H23N3O/c1-12-5-3-6-13(9-12)17-15(19)11-18(2)14-7-4-8-16-10-14/h3,5-6,9,14,16H,4,7-8,10-11H2,1-2H3,(H,17,19). The van der Waals surface area contributed by atoms with Crippen molar-refractivity contribution in [1.29, 1.82) is 0 Å². The number of nitrogens with zero attached hydrogens (tertiary/aromatic N) is 1. The molecule has 1 fully saturated rings. The maximum absolute atomic E-state index is 12.0. The zero-order chi connectivity index (χ0) is 13.7. The molecule has 1 atom stereocenters. The summed E-state index contributed by atoms with van der Waals surface area (Å²) in [6.45, 7) is 4.55. The second-order valence-electron chi connectivity index (χ2n) is 5.33. The summed E-state index contributed by atoms with van der Waals surface area (Å²) in [5.41, 5.74) is 2.03. The summed E-state index contributed by atoms with van der Waals surface area (Å²) in [4.78, 5) is 14.1. The number of rotatable bonds is 4. The van der Waals surface area contributed by atoms with Crippen LogP contribution in [0, 0.1) is 6.92 Å². The van der Waals surface area contributed by atoms with Crippen LogP contribution in [-0.2, 0) is 4.79 Å². The SMILES string of the molecule is Cc1cccc(NC(=O)CN(C)C2CCCNC2)c1. The van der Waals surface area contributed by atoms with Crippen LogP contribution < -0.4 is 10.6 Å². The fourth-order valence-corrected chi connectivity index (χ4v) is 2.49. The molecule has 4 heteroatoms. The van der Waals surface area contributed by atoms with E-state index in [4.69, 9.17) is 0 Å². The number of likely N-dealkylation sites (N-methyl/N-ethyl adjacent to an activating group) is 1. The van der Waals surface area contributed by atoms with Gasteiger partial charge in [0.1, 0.15) is 0 Å². The molecule has 0 bridgehead atoms. The quantitative estimate of drug-likeness (QED) is 0.865. The molecule has 1 heterocycles. The van der Waals surface area contributed by atoms with E-state index in [2.05, 4.69) is 15.5 Å². The highest BCUT2D eigenvalue weighted by molar-refractivity contribution is 5.92. The van der Waals surface area contributed by atoms with Crippen molar-refractivity contribution in [3.05, 3.63) is 29.8 Å². The van der Waals surface area contributed by atoms with Crippen LogP contribution in [0.3, 0.4) is 0 Å². The van der Waals surface area contributed by atoms with Gasteiger partial charge in [0.25, 0.3) is 0 Å². The van der Waals surface area contributed by atoms with E-state index >= 15 is 0 Å². The van der Waals surface area contributed by atoms with Crippen molar-refractivity contribution in [1.82, 2.24) is 10.2 Å². The van der Waals surface area contributed by atoms with Gasteiger partial charge < -0.3 is 10.6 Å². The lowest BCUT2D eigenvalue weighted by molar-refractivity contribution is -0.117. The van der Waals surface area contributed by atoms with Gasteiger partial charge in [0.05, 0.1) is 6.54 Å². The van der Waals surface area contributed by atoms with E-state index in [1.165, 1.54) is 12.8 Å². The monoisotopic (exact) mass is 261 g/mol. The highest BCUT2D eigenvalue weighted by Crippen LogP contribution is 2.11. The molecule has 2 rings (SSSR count). The van der Waals surface area contributed by atoms with Crippen LogP contribution in [0.4, 0.5) is 5.69 Å². The Morgan fingerprint density at radius 2 is 2.37 bits per heavy atom. The molecule has 0 radical (unpaired) electrons. The van der Waals surface area contributed by atoms with Gasteiger partial charge >= 0.3 is 0 Å². The van der Waals surface area contributed by atoms with Crippen LogP contribution in [-0.4, -0.2) is 43.5 Å². The van der Waals surface area contributed by atoms with Gasteiger partial charge in [0, 0.05) is 18.3 Å². The molecule has 1 amide bonds. The van der Waals surface area contributed by atoms with E-state index in [1.54, 1.807) is 0 Å². The minimum Gasteiger partial charge on any atom is -0.325 e. The van der Waals surface area contributed by atoms with E-state index in [-0.39, 0.29) is 5.91 Å². The normalized spacial score (nSPS) is 19.4. The molecular formula is C15H23N3O. The van der Waals surface area contributed by atoms with Crippen LogP contribution >= 0.6 is 0 Å². The van der Waals surface area contributed by atoms with Gasteiger partial charge in [-0.05, 0) is 51.1 Å². The fraction of sp³-hybridized carbons (Fsp3) is 0.533. The maximum atomic E-state index is 12.0. The molecule has 0 aromatic heterocycles. The molecule has 19 heavy (non-hydrogen) atoms. The Hall–Kier alpha value is -1.39. The van der Waals surface area contributed by atoms with Crippen molar-refractivity contribution in [2.45, 2.75) is 25.8 Å². The van der Waals surface area contributed by atoms with Crippen LogP contribution in [0.15, 0.2) is 24.3 Å². The third-order valence-electron chi connectivity index (χ3n) is 3.59. The van der Waals surface area contributed by atoms with Gasteiger partial charge in [-0.3, -0.25) is 9.69 Å². The Morgan fingerprint density at radius 3 is 3.05 bits per heavy atom. The van der Waals surface area contributed by atoms with Crippen molar-refractivity contribution in [2.24, 2.45) is 0 Å². The highest BCUT2D eigenvalue weighted by atomic mass is 16.2. The van der Waals surface area contributed by atoms with Gasteiger partial charge in [0.2, 0.25) is 5.91 Å². The van der Waals surface area contributed by atoms with Crippen molar-refractivity contribution >= 4 is 11.6 Å². The average Bonchev–Trinajstić information content (AvgIpc) is 2.39. The molecule has 0 aliphatic carbocycles. The summed E-state index contributed by atoms with van der Waals surface area (Å²) in [5.74, 6) is 0.0543. The van der Waals surface area contributed by atoms with Crippen molar-refractivity contribution in [3.63, 3.8) is 0 Å². The van der Waals surface area contributed by atoms with E-state index < -0.39 is 0 Å². The number of anilines is 1. The lowest BCUT2D eigenvalue weighted by Crippen LogP contribution is -2.46. The van der Waals surface area contributed by atoms with Crippen LogP contribution in [0.1, 0.15) is 18.4 Å². The number of piperidine rings is 1. The number of hydrogen-bond acceptors (Lipinski definition) is 3. The lowest BCUT2D eigenvalue weighted by atomic mass is 10.1. The first kappa shape index (κ1) is 14.0. The average molecular weight is 261 g/mol. The van der Waals surface area contributed by atoms with Crippen LogP contribution in [0.5, 0.6) is 0 Å². The minimum atomic E-state index is 0.0543. The molecule has 104 valence electrons. The van der Waals surface area contributed by atoms with Crippen molar-refractivity contribution in [2.75, 3.05) is 32.0 Å². The molecule has 1 aliphatic heterocycles. The number of amides is 1. The molecule has 0 saturated carbocycles. The summed E-state index contributed by atoms with van der Waals surface area (Å²) in [5, 5.41) is 6.32. The first-order chi connectivity index (χ1) is 9.15. The third-order valence-corrected chi connectivity index (χ3v) is 3.59. The van der Waals surface area contributed by atoms with E-state index in [9.17, 15) is 4.79 Å². The van der Waals surface area contributed by atoms with E-state index in [0.29, 0.717) is 12.6 Å².